The number of hydrogen-bond donors (Lipinski definition) is 2. The highest BCUT2D eigenvalue weighted by molar-refractivity contribution is 7.16. The second-order valence-corrected chi connectivity index (χ2v) is 7.09. The standard InChI is InChI=1S/C16H22N2O4S/c1-3-9-8(2)23-15(12(9)13(17)19)18-14(20)10-6-4-5-7-11(10)16(21)22/h10-11H,3-7H2,1-2H3,(H2,17,19)(H,18,20)(H,21,22)/p-1/t10-,11+/m0/s1. The van der Waals surface area contributed by atoms with Crippen LogP contribution in [0.5, 0.6) is 0 Å². The molecule has 1 aliphatic rings. The summed E-state index contributed by atoms with van der Waals surface area (Å²) >= 11 is 1.30. The van der Waals surface area contributed by atoms with E-state index < -0.39 is 23.7 Å². The van der Waals surface area contributed by atoms with Gasteiger partial charge in [0.05, 0.1) is 5.56 Å². The summed E-state index contributed by atoms with van der Waals surface area (Å²) in [5, 5.41) is 14.4. The van der Waals surface area contributed by atoms with Crippen molar-refractivity contribution in [1.29, 1.82) is 0 Å². The Morgan fingerprint density at radius 1 is 1.26 bits per heavy atom. The van der Waals surface area contributed by atoms with Gasteiger partial charge < -0.3 is 21.0 Å². The summed E-state index contributed by atoms with van der Waals surface area (Å²) in [5.74, 6) is -3.53. The monoisotopic (exact) mass is 337 g/mol. The summed E-state index contributed by atoms with van der Waals surface area (Å²) in [6, 6.07) is 0. The van der Waals surface area contributed by atoms with Crippen molar-refractivity contribution in [3.63, 3.8) is 0 Å². The lowest BCUT2D eigenvalue weighted by molar-refractivity contribution is -0.313. The predicted octanol–water partition coefficient (Wildman–Crippen LogP) is 1.21. The Morgan fingerprint density at radius 3 is 2.39 bits per heavy atom. The summed E-state index contributed by atoms with van der Waals surface area (Å²) in [6.07, 6.45) is 3.21. The minimum Gasteiger partial charge on any atom is -0.550 e. The van der Waals surface area contributed by atoms with Gasteiger partial charge in [-0.3, -0.25) is 9.59 Å². The van der Waals surface area contributed by atoms with E-state index in [1.165, 1.54) is 11.3 Å². The summed E-state index contributed by atoms with van der Waals surface area (Å²) < 4.78 is 0. The quantitative estimate of drug-likeness (QED) is 0.841. The van der Waals surface area contributed by atoms with Crippen LogP contribution in [0.15, 0.2) is 0 Å². The van der Waals surface area contributed by atoms with E-state index in [2.05, 4.69) is 5.32 Å². The number of carbonyl (C=O) groups is 3. The lowest BCUT2D eigenvalue weighted by atomic mass is 9.79. The highest BCUT2D eigenvalue weighted by Gasteiger charge is 2.33. The third kappa shape index (κ3) is 3.55. The molecule has 23 heavy (non-hydrogen) atoms. The van der Waals surface area contributed by atoms with Crippen LogP contribution in [0.2, 0.25) is 0 Å². The molecular weight excluding hydrogens is 316 g/mol. The van der Waals surface area contributed by atoms with E-state index >= 15 is 0 Å². The average Bonchev–Trinajstić information content (AvgIpc) is 2.82. The molecule has 1 aromatic rings. The fourth-order valence-electron chi connectivity index (χ4n) is 3.28. The molecule has 0 saturated heterocycles. The molecule has 6 nitrogen and oxygen atoms in total. The van der Waals surface area contributed by atoms with Gasteiger partial charge in [0.2, 0.25) is 5.91 Å². The molecule has 1 fully saturated rings. The number of carboxylic acids is 1. The van der Waals surface area contributed by atoms with Crippen LogP contribution >= 0.6 is 11.3 Å². The minimum atomic E-state index is -1.18. The first-order valence-corrected chi connectivity index (χ1v) is 8.62. The zero-order chi connectivity index (χ0) is 17.1. The number of aryl methyl sites for hydroxylation is 1. The predicted molar refractivity (Wildman–Crippen MR) is 86.0 cm³/mol. The van der Waals surface area contributed by atoms with Crippen LogP contribution in [0.25, 0.3) is 0 Å². The Hall–Kier alpha value is -1.89. The van der Waals surface area contributed by atoms with E-state index in [1.54, 1.807) is 0 Å². The smallest absolute Gasteiger partial charge is 0.251 e. The number of carboxylic acid groups (broad SMARTS) is 1. The zero-order valence-electron chi connectivity index (χ0n) is 13.3. The lowest BCUT2D eigenvalue weighted by Crippen LogP contribution is -2.42. The summed E-state index contributed by atoms with van der Waals surface area (Å²) in [4.78, 5) is 36.4. The number of hydrogen-bond acceptors (Lipinski definition) is 5. The first-order chi connectivity index (χ1) is 10.9. The SMILES string of the molecule is CCc1c(C)sc(NC(=O)[C@H]2CCCC[C@H]2C(=O)[O-])c1C(N)=O. The van der Waals surface area contributed by atoms with Crippen molar-refractivity contribution in [1.82, 2.24) is 0 Å². The lowest BCUT2D eigenvalue weighted by Gasteiger charge is -2.31. The van der Waals surface area contributed by atoms with Crippen LogP contribution in [0.4, 0.5) is 5.00 Å². The van der Waals surface area contributed by atoms with E-state index in [9.17, 15) is 19.5 Å². The molecule has 1 aliphatic carbocycles. The first-order valence-electron chi connectivity index (χ1n) is 7.80. The Kier molecular flexibility index (Phi) is 5.41. The normalized spacial score (nSPS) is 21.0. The van der Waals surface area contributed by atoms with Crippen LogP contribution in [0.1, 0.15) is 53.4 Å². The minimum absolute atomic E-state index is 0.337. The van der Waals surface area contributed by atoms with Crippen LogP contribution in [-0.2, 0) is 16.0 Å². The van der Waals surface area contributed by atoms with Crippen molar-refractivity contribution in [2.75, 3.05) is 5.32 Å². The van der Waals surface area contributed by atoms with E-state index in [0.29, 0.717) is 29.8 Å². The zero-order valence-corrected chi connectivity index (χ0v) is 14.1. The van der Waals surface area contributed by atoms with Crippen molar-refractivity contribution >= 4 is 34.1 Å². The maximum atomic E-state index is 12.5. The highest BCUT2D eigenvalue weighted by Crippen LogP contribution is 2.35. The van der Waals surface area contributed by atoms with Gasteiger partial charge in [0, 0.05) is 22.7 Å². The maximum absolute atomic E-state index is 12.5. The van der Waals surface area contributed by atoms with E-state index in [4.69, 9.17) is 5.73 Å². The number of nitrogens with two attached hydrogens (primary N) is 1. The fraction of sp³-hybridized carbons (Fsp3) is 0.562. The van der Waals surface area contributed by atoms with Gasteiger partial charge in [0.25, 0.3) is 5.91 Å². The Morgan fingerprint density at radius 2 is 1.87 bits per heavy atom. The van der Waals surface area contributed by atoms with Crippen molar-refractivity contribution in [3.8, 4) is 0 Å². The third-order valence-electron chi connectivity index (χ3n) is 4.45. The summed E-state index contributed by atoms with van der Waals surface area (Å²) in [7, 11) is 0. The molecule has 0 aliphatic heterocycles. The van der Waals surface area contributed by atoms with E-state index in [0.717, 1.165) is 23.3 Å². The molecule has 7 heteroatoms. The van der Waals surface area contributed by atoms with Crippen LogP contribution in [-0.4, -0.2) is 17.8 Å². The summed E-state index contributed by atoms with van der Waals surface area (Å²) in [6.45, 7) is 3.79. The molecule has 126 valence electrons. The number of amides is 2. The van der Waals surface area contributed by atoms with Crippen molar-refractivity contribution in [2.24, 2.45) is 17.6 Å². The molecule has 0 spiro atoms. The average molecular weight is 337 g/mol. The molecule has 1 aromatic heterocycles. The molecule has 2 atom stereocenters. The number of rotatable bonds is 5. The van der Waals surface area contributed by atoms with Gasteiger partial charge in [-0.15, -0.1) is 11.3 Å². The van der Waals surface area contributed by atoms with Gasteiger partial charge in [-0.25, -0.2) is 0 Å². The molecule has 0 radical (unpaired) electrons. The number of carbonyl (C=O) groups excluding carboxylic acids is 3. The number of anilines is 1. The van der Waals surface area contributed by atoms with Crippen molar-refractivity contribution in [2.45, 2.75) is 46.0 Å². The van der Waals surface area contributed by atoms with Gasteiger partial charge in [0.15, 0.2) is 0 Å². The first kappa shape index (κ1) is 17.5. The Bertz CT molecular complexity index is 638. The van der Waals surface area contributed by atoms with Gasteiger partial charge in [-0.2, -0.15) is 0 Å². The van der Waals surface area contributed by atoms with Crippen molar-refractivity contribution < 1.29 is 19.5 Å². The van der Waals surface area contributed by atoms with Crippen LogP contribution < -0.4 is 16.2 Å². The van der Waals surface area contributed by atoms with E-state index in [-0.39, 0.29) is 5.91 Å². The molecule has 0 aromatic carbocycles. The Labute approximate surface area is 139 Å². The molecule has 3 N–H and O–H groups in total. The maximum Gasteiger partial charge on any atom is 0.251 e. The molecule has 0 bridgehead atoms. The van der Waals surface area contributed by atoms with E-state index in [1.807, 2.05) is 13.8 Å². The van der Waals surface area contributed by atoms with Gasteiger partial charge >= 0.3 is 0 Å². The van der Waals surface area contributed by atoms with Gasteiger partial charge in [-0.1, -0.05) is 19.8 Å². The number of primary amides is 1. The fourth-order valence-corrected chi connectivity index (χ4v) is 4.44. The second kappa shape index (κ2) is 7.12. The third-order valence-corrected chi connectivity index (χ3v) is 5.51. The van der Waals surface area contributed by atoms with Gasteiger partial charge in [-0.05, 0) is 31.7 Å². The number of thiophene rings is 1. The number of nitrogens with one attached hydrogen (secondary N) is 1. The second-order valence-electron chi connectivity index (χ2n) is 5.86. The molecule has 1 heterocycles. The topological polar surface area (TPSA) is 112 Å². The number of aliphatic carboxylic acids is 1. The molecule has 2 amide bonds. The van der Waals surface area contributed by atoms with Crippen molar-refractivity contribution in [3.05, 3.63) is 16.0 Å². The Balaban J connectivity index is 2.26. The summed E-state index contributed by atoms with van der Waals surface area (Å²) in [5.41, 5.74) is 6.61. The van der Waals surface area contributed by atoms with Crippen LogP contribution in [0, 0.1) is 18.8 Å². The highest BCUT2D eigenvalue weighted by atomic mass is 32.1. The molecule has 1 saturated carbocycles. The molecular formula is C16H21N2O4S-. The van der Waals surface area contributed by atoms with Gasteiger partial charge in [0.1, 0.15) is 5.00 Å². The van der Waals surface area contributed by atoms with Crippen LogP contribution in [0.3, 0.4) is 0 Å². The molecule has 0 unspecified atom stereocenters. The largest absolute Gasteiger partial charge is 0.550 e. The molecule has 2 rings (SSSR count).